The van der Waals surface area contributed by atoms with E-state index in [2.05, 4.69) is 10.6 Å². The van der Waals surface area contributed by atoms with Crippen molar-refractivity contribution in [2.75, 3.05) is 6.54 Å². The van der Waals surface area contributed by atoms with E-state index < -0.39 is 23.3 Å². The van der Waals surface area contributed by atoms with Crippen molar-refractivity contribution in [3.05, 3.63) is 0 Å². The van der Waals surface area contributed by atoms with Gasteiger partial charge in [0.25, 0.3) is 0 Å². The fourth-order valence-electron chi connectivity index (χ4n) is 2.16. The molecule has 1 rings (SSSR count). The molecule has 1 saturated carbocycles. The second-order valence-electron chi connectivity index (χ2n) is 4.78. The number of hydrogen-bond donors (Lipinski definition) is 4. The topological polar surface area (TPSA) is 122 Å². The van der Waals surface area contributed by atoms with Gasteiger partial charge in [0, 0.05) is 19.0 Å². The van der Waals surface area contributed by atoms with Gasteiger partial charge in [0.2, 0.25) is 5.91 Å². The summed E-state index contributed by atoms with van der Waals surface area (Å²) in [7, 11) is 0. The van der Waals surface area contributed by atoms with Gasteiger partial charge in [0.15, 0.2) is 0 Å². The minimum Gasteiger partial charge on any atom is -0.481 e. The predicted octanol–water partition coefficient (Wildman–Crippen LogP) is -0.196. The summed E-state index contributed by atoms with van der Waals surface area (Å²) in [6.45, 7) is 1.79. The molecule has 0 spiro atoms. The zero-order valence-electron chi connectivity index (χ0n) is 10.4. The van der Waals surface area contributed by atoms with Crippen molar-refractivity contribution in [3.8, 4) is 0 Å². The van der Waals surface area contributed by atoms with Gasteiger partial charge in [0.05, 0.1) is 5.41 Å². The summed E-state index contributed by atoms with van der Waals surface area (Å²) in [6.07, 6.45) is 2.03. The van der Waals surface area contributed by atoms with Crippen molar-refractivity contribution in [2.24, 2.45) is 11.1 Å². The van der Waals surface area contributed by atoms with Gasteiger partial charge in [-0.2, -0.15) is 0 Å². The van der Waals surface area contributed by atoms with Gasteiger partial charge < -0.3 is 21.5 Å². The molecule has 18 heavy (non-hydrogen) atoms. The Bertz CT molecular complexity index is 358. The number of amides is 3. The Labute approximate surface area is 105 Å². The quantitative estimate of drug-likeness (QED) is 0.545. The van der Waals surface area contributed by atoms with Gasteiger partial charge in [-0.25, -0.2) is 4.79 Å². The zero-order valence-corrected chi connectivity index (χ0v) is 10.4. The highest BCUT2D eigenvalue weighted by Crippen LogP contribution is 2.38. The highest BCUT2D eigenvalue weighted by atomic mass is 16.4. The SMILES string of the molecule is CC1(C(=O)O)CCCC1NC(=O)NCCC(N)=O. The first-order valence-electron chi connectivity index (χ1n) is 5.92. The summed E-state index contributed by atoms with van der Waals surface area (Å²) in [5, 5.41) is 14.3. The molecule has 7 nitrogen and oxygen atoms in total. The maximum atomic E-state index is 11.5. The van der Waals surface area contributed by atoms with Crippen molar-refractivity contribution in [1.29, 1.82) is 0 Å². The number of carboxylic acids is 1. The number of aliphatic carboxylic acids is 1. The van der Waals surface area contributed by atoms with E-state index in [1.807, 2.05) is 0 Å². The lowest BCUT2D eigenvalue weighted by atomic mass is 9.85. The van der Waals surface area contributed by atoms with Crippen molar-refractivity contribution in [3.63, 3.8) is 0 Å². The highest BCUT2D eigenvalue weighted by molar-refractivity contribution is 5.80. The van der Waals surface area contributed by atoms with Gasteiger partial charge in [-0.1, -0.05) is 6.42 Å². The number of carbonyl (C=O) groups excluding carboxylic acids is 2. The lowest BCUT2D eigenvalue weighted by Gasteiger charge is -2.27. The van der Waals surface area contributed by atoms with Crippen LogP contribution in [0.5, 0.6) is 0 Å². The molecule has 1 fully saturated rings. The fourth-order valence-corrected chi connectivity index (χ4v) is 2.16. The van der Waals surface area contributed by atoms with Crippen LogP contribution in [0.1, 0.15) is 32.6 Å². The van der Waals surface area contributed by atoms with Crippen molar-refractivity contribution >= 4 is 17.9 Å². The number of nitrogens with one attached hydrogen (secondary N) is 2. The van der Waals surface area contributed by atoms with E-state index >= 15 is 0 Å². The smallest absolute Gasteiger partial charge is 0.315 e. The molecule has 5 N–H and O–H groups in total. The first-order valence-corrected chi connectivity index (χ1v) is 5.92. The molecule has 3 amide bonds. The molecule has 0 aromatic carbocycles. The zero-order chi connectivity index (χ0) is 13.8. The molecule has 0 aliphatic heterocycles. The molecule has 0 heterocycles. The molecule has 1 aliphatic carbocycles. The van der Waals surface area contributed by atoms with Crippen LogP contribution in [-0.2, 0) is 9.59 Å². The van der Waals surface area contributed by atoms with Crippen LogP contribution < -0.4 is 16.4 Å². The lowest BCUT2D eigenvalue weighted by Crippen LogP contribution is -2.50. The largest absolute Gasteiger partial charge is 0.481 e. The second kappa shape index (κ2) is 5.70. The standard InChI is InChI=1S/C11H19N3O4/c1-11(9(16)17)5-2-3-7(11)14-10(18)13-6-4-8(12)15/h7H,2-6H2,1H3,(H2,12,15)(H,16,17)(H2,13,14,18). The third kappa shape index (κ3) is 3.35. The molecule has 0 saturated heterocycles. The molecule has 0 bridgehead atoms. The van der Waals surface area contributed by atoms with Gasteiger partial charge in [-0.15, -0.1) is 0 Å². The van der Waals surface area contributed by atoms with Gasteiger partial charge in [-0.05, 0) is 19.8 Å². The summed E-state index contributed by atoms with van der Waals surface area (Å²) < 4.78 is 0. The van der Waals surface area contributed by atoms with Crippen LogP contribution in [-0.4, -0.2) is 35.6 Å². The summed E-state index contributed by atoms with van der Waals surface area (Å²) in [4.78, 5) is 33.2. The number of carbonyl (C=O) groups is 3. The average molecular weight is 257 g/mol. The van der Waals surface area contributed by atoms with Crippen LogP contribution >= 0.6 is 0 Å². The van der Waals surface area contributed by atoms with Gasteiger partial charge >= 0.3 is 12.0 Å². The Morgan fingerprint density at radius 3 is 2.67 bits per heavy atom. The van der Waals surface area contributed by atoms with E-state index in [0.29, 0.717) is 12.8 Å². The Kier molecular flexibility index (Phi) is 4.52. The average Bonchev–Trinajstić information content (AvgIpc) is 2.61. The van der Waals surface area contributed by atoms with Crippen LogP contribution in [0.4, 0.5) is 4.79 Å². The molecule has 102 valence electrons. The van der Waals surface area contributed by atoms with Crippen LogP contribution in [0.2, 0.25) is 0 Å². The summed E-state index contributed by atoms with van der Waals surface area (Å²) in [5.41, 5.74) is 4.02. The third-order valence-electron chi connectivity index (χ3n) is 3.41. The second-order valence-corrected chi connectivity index (χ2v) is 4.78. The molecule has 2 atom stereocenters. The third-order valence-corrected chi connectivity index (χ3v) is 3.41. The fraction of sp³-hybridized carbons (Fsp3) is 0.727. The van der Waals surface area contributed by atoms with Crippen LogP contribution in [0.25, 0.3) is 0 Å². The molecule has 0 aromatic rings. The number of urea groups is 1. The number of rotatable bonds is 5. The molecule has 2 unspecified atom stereocenters. The molecule has 0 aromatic heterocycles. The van der Waals surface area contributed by atoms with E-state index in [4.69, 9.17) is 5.73 Å². The Morgan fingerprint density at radius 2 is 2.11 bits per heavy atom. The molecule has 0 radical (unpaired) electrons. The van der Waals surface area contributed by atoms with E-state index in [-0.39, 0.29) is 19.0 Å². The van der Waals surface area contributed by atoms with Gasteiger partial charge in [-0.3, -0.25) is 9.59 Å². The molecular formula is C11H19N3O4. The molecule has 1 aliphatic rings. The van der Waals surface area contributed by atoms with Crippen molar-refractivity contribution in [1.82, 2.24) is 10.6 Å². The first kappa shape index (κ1) is 14.3. The maximum Gasteiger partial charge on any atom is 0.315 e. The van der Waals surface area contributed by atoms with Gasteiger partial charge in [0.1, 0.15) is 0 Å². The highest BCUT2D eigenvalue weighted by Gasteiger charge is 2.45. The van der Waals surface area contributed by atoms with Crippen LogP contribution in [0.15, 0.2) is 0 Å². The van der Waals surface area contributed by atoms with E-state index in [1.165, 1.54) is 0 Å². The Balaban J connectivity index is 2.44. The Morgan fingerprint density at radius 1 is 1.44 bits per heavy atom. The summed E-state index contributed by atoms with van der Waals surface area (Å²) >= 11 is 0. The molecular weight excluding hydrogens is 238 g/mol. The summed E-state index contributed by atoms with van der Waals surface area (Å²) in [6, 6.07) is -0.848. The lowest BCUT2D eigenvalue weighted by molar-refractivity contribution is -0.148. The van der Waals surface area contributed by atoms with Crippen molar-refractivity contribution < 1.29 is 19.5 Å². The summed E-state index contributed by atoms with van der Waals surface area (Å²) in [5.74, 6) is -1.39. The van der Waals surface area contributed by atoms with Crippen LogP contribution in [0.3, 0.4) is 0 Å². The van der Waals surface area contributed by atoms with E-state index in [1.54, 1.807) is 6.92 Å². The number of carboxylic acid groups (broad SMARTS) is 1. The number of primary amides is 1. The monoisotopic (exact) mass is 257 g/mol. The molecule has 7 heteroatoms. The maximum absolute atomic E-state index is 11.5. The predicted molar refractivity (Wildman–Crippen MR) is 63.7 cm³/mol. The Hall–Kier alpha value is -1.79. The first-order chi connectivity index (χ1) is 8.36. The normalized spacial score (nSPS) is 26.6. The van der Waals surface area contributed by atoms with E-state index in [9.17, 15) is 19.5 Å². The minimum atomic E-state index is -0.916. The van der Waals surface area contributed by atoms with E-state index in [0.717, 1.165) is 6.42 Å². The van der Waals surface area contributed by atoms with Crippen molar-refractivity contribution in [2.45, 2.75) is 38.6 Å². The minimum absolute atomic E-state index is 0.0638. The number of hydrogen-bond acceptors (Lipinski definition) is 3. The van der Waals surface area contributed by atoms with Crippen LogP contribution in [0, 0.1) is 5.41 Å². The number of nitrogens with two attached hydrogens (primary N) is 1.